The van der Waals surface area contributed by atoms with Gasteiger partial charge in [-0.3, -0.25) is 4.99 Å². The fourth-order valence-corrected chi connectivity index (χ4v) is 4.31. The van der Waals surface area contributed by atoms with E-state index >= 15 is 0 Å². The number of aryl methyl sites for hydroxylation is 1. The summed E-state index contributed by atoms with van der Waals surface area (Å²) >= 11 is 5.26. The highest BCUT2D eigenvalue weighted by molar-refractivity contribution is 9.10. The van der Waals surface area contributed by atoms with E-state index in [1.54, 1.807) is 11.3 Å². The number of rotatable bonds is 2. The quantitative estimate of drug-likeness (QED) is 0.599. The lowest BCUT2D eigenvalue weighted by Gasteiger charge is -2.07. The van der Waals surface area contributed by atoms with Gasteiger partial charge >= 0.3 is 0 Å². The molecule has 0 spiro atoms. The van der Waals surface area contributed by atoms with Gasteiger partial charge in [-0.05, 0) is 24.5 Å². The number of halogens is 1. The number of thiazole rings is 1. The highest BCUT2D eigenvalue weighted by Gasteiger charge is 2.18. The molecule has 120 valence electrons. The van der Waals surface area contributed by atoms with Gasteiger partial charge in [-0.1, -0.05) is 58.4 Å². The molecule has 1 aliphatic carbocycles. The van der Waals surface area contributed by atoms with Crippen molar-refractivity contribution in [3.63, 3.8) is 0 Å². The lowest BCUT2D eigenvalue weighted by atomic mass is 10.1. The normalized spacial score (nSPS) is 15.9. The number of aromatic nitrogens is 1. The molecule has 0 saturated carbocycles. The second kappa shape index (κ2) is 6.49. The molecule has 1 aromatic heterocycles. The van der Waals surface area contributed by atoms with Gasteiger partial charge in [0.2, 0.25) is 4.80 Å². The zero-order valence-electron chi connectivity index (χ0n) is 13.2. The van der Waals surface area contributed by atoms with Crippen LogP contribution in [0.2, 0.25) is 0 Å². The first-order chi connectivity index (χ1) is 11.8. The molecule has 0 aliphatic heterocycles. The molecule has 5 heteroatoms. The van der Waals surface area contributed by atoms with E-state index in [-0.39, 0.29) is 0 Å². The zero-order valence-corrected chi connectivity index (χ0v) is 15.6. The van der Waals surface area contributed by atoms with E-state index < -0.39 is 0 Å². The molecule has 0 bridgehead atoms. The molecule has 0 N–H and O–H groups in total. The lowest BCUT2D eigenvalue weighted by molar-refractivity contribution is 0.837. The van der Waals surface area contributed by atoms with Crippen LogP contribution in [0, 0.1) is 0 Å². The predicted octanol–water partition coefficient (Wildman–Crippen LogP) is 4.71. The second-order valence-corrected chi connectivity index (χ2v) is 7.31. The van der Waals surface area contributed by atoms with Crippen molar-refractivity contribution in [3.8, 4) is 11.3 Å². The molecule has 3 nitrogen and oxygen atoms in total. The number of fused-ring (bicyclic) bond motifs is 1. The van der Waals surface area contributed by atoms with Crippen molar-refractivity contribution in [1.82, 2.24) is 4.68 Å². The first-order valence-electron chi connectivity index (χ1n) is 7.82. The predicted molar refractivity (Wildman–Crippen MR) is 104 cm³/mol. The summed E-state index contributed by atoms with van der Waals surface area (Å²) in [5, 5.41) is 7.10. The molecule has 0 amide bonds. The Morgan fingerprint density at radius 3 is 2.54 bits per heavy atom. The Kier molecular flexibility index (Phi) is 4.21. The lowest BCUT2D eigenvalue weighted by Crippen LogP contribution is -2.14. The summed E-state index contributed by atoms with van der Waals surface area (Å²) < 4.78 is 3.04. The molecular formula is C19H16BrN3S. The van der Waals surface area contributed by atoms with E-state index in [9.17, 15) is 0 Å². The average molecular weight is 398 g/mol. The van der Waals surface area contributed by atoms with Crippen LogP contribution in [0.25, 0.3) is 11.3 Å². The molecule has 3 aromatic rings. The van der Waals surface area contributed by atoms with Crippen LogP contribution < -0.4 is 4.80 Å². The van der Waals surface area contributed by atoms with Crippen molar-refractivity contribution in [1.29, 1.82) is 0 Å². The van der Waals surface area contributed by atoms with Crippen molar-refractivity contribution in [2.24, 2.45) is 10.1 Å². The Morgan fingerprint density at radius 1 is 1.00 bits per heavy atom. The first kappa shape index (κ1) is 15.5. The summed E-state index contributed by atoms with van der Waals surface area (Å²) in [5.74, 6) is 0. The molecule has 4 rings (SSSR count). The van der Waals surface area contributed by atoms with Crippen LogP contribution in [-0.4, -0.2) is 17.4 Å². The molecular weight excluding hydrogens is 382 g/mol. The highest BCUT2D eigenvalue weighted by atomic mass is 79.9. The monoisotopic (exact) mass is 397 g/mol. The van der Waals surface area contributed by atoms with Gasteiger partial charge in [-0.2, -0.15) is 5.10 Å². The molecule has 24 heavy (non-hydrogen) atoms. The van der Waals surface area contributed by atoms with Gasteiger partial charge in [0.1, 0.15) is 0 Å². The van der Waals surface area contributed by atoms with Crippen LogP contribution in [0.1, 0.15) is 17.5 Å². The van der Waals surface area contributed by atoms with Crippen molar-refractivity contribution in [3.05, 3.63) is 74.3 Å². The van der Waals surface area contributed by atoms with E-state index in [1.807, 2.05) is 23.9 Å². The molecule has 0 atom stereocenters. The van der Waals surface area contributed by atoms with Gasteiger partial charge < -0.3 is 0 Å². The van der Waals surface area contributed by atoms with Crippen LogP contribution in [0.5, 0.6) is 0 Å². The SMILES string of the molecule is CN=c1scc(-c2ccccc2Br)n1N=C1CCc2ccccc21. The average Bonchev–Trinajstić information content (AvgIpc) is 3.20. The number of hydrogen-bond acceptors (Lipinski definition) is 3. The maximum absolute atomic E-state index is 4.98. The Labute approximate surface area is 153 Å². The fourth-order valence-electron chi connectivity index (χ4n) is 3.03. The minimum absolute atomic E-state index is 0.901. The third kappa shape index (κ3) is 2.68. The van der Waals surface area contributed by atoms with E-state index in [0.29, 0.717) is 0 Å². The van der Waals surface area contributed by atoms with Crippen LogP contribution in [0.3, 0.4) is 0 Å². The largest absolute Gasteiger partial charge is 0.261 e. The first-order valence-corrected chi connectivity index (χ1v) is 9.49. The Balaban J connectivity index is 1.90. The third-order valence-corrected chi connectivity index (χ3v) is 5.81. The van der Waals surface area contributed by atoms with Crippen LogP contribution in [0.4, 0.5) is 0 Å². The summed E-state index contributed by atoms with van der Waals surface area (Å²) in [6, 6.07) is 16.8. The highest BCUT2D eigenvalue weighted by Crippen LogP contribution is 2.29. The third-order valence-electron chi connectivity index (χ3n) is 4.21. The standard InChI is InChI=1S/C19H16BrN3S/c1-21-19-23(18(12-24-19)15-8-4-5-9-16(15)20)22-17-11-10-13-6-2-3-7-14(13)17/h2-9,12H,10-11H2,1H3. The summed E-state index contributed by atoms with van der Waals surface area (Å²) in [7, 11) is 1.81. The second-order valence-electron chi connectivity index (χ2n) is 5.62. The Hall–Kier alpha value is -1.98. The topological polar surface area (TPSA) is 29.6 Å². The molecule has 0 unspecified atom stereocenters. The van der Waals surface area contributed by atoms with Gasteiger partial charge in [0, 0.05) is 28.0 Å². The molecule has 0 saturated heterocycles. The van der Waals surface area contributed by atoms with Gasteiger partial charge in [0.05, 0.1) is 11.4 Å². The Morgan fingerprint density at radius 2 is 1.75 bits per heavy atom. The van der Waals surface area contributed by atoms with Crippen molar-refractivity contribution in [2.75, 3.05) is 7.05 Å². The molecule has 0 fully saturated rings. The van der Waals surface area contributed by atoms with Crippen LogP contribution >= 0.6 is 27.3 Å². The molecule has 0 radical (unpaired) electrons. The summed E-state index contributed by atoms with van der Waals surface area (Å²) in [5.41, 5.74) is 5.96. The van der Waals surface area contributed by atoms with Crippen LogP contribution in [-0.2, 0) is 6.42 Å². The van der Waals surface area contributed by atoms with E-state index in [4.69, 9.17) is 5.10 Å². The van der Waals surface area contributed by atoms with Crippen LogP contribution in [0.15, 0.2) is 68.5 Å². The maximum Gasteiger partial charge on any atom is 0.205 e. The number of benzene rings is 2. The van der Waals surface area contributed by atoms with E-state index in [2.05, 4.69) is 62.7 Å². The fraction of sp³-hybridized carbons (Fsp3) is 0.158. The Bertz CT molecular complexity index is 998. The minimum atomic E-state index is 0.901. The molecule has 1 heterocycles. The summed E-state index contributed by atoms with van der Waals surface area (Å²) in [6.45, 7) is 0. The molecule has 1 aliphatic rings. The van der Waals surface area contributed by atoms with Crippen molar-refractivity contribution < 1.29 is 0 Å². The van der Waals surface area contributed by atoms with Crippen molar-refractivity contribution in [2.45, 2.75) is 12.8 Å². The zero-order chi connectivity index (χ0) is 16.5. The van der Waals surface area contributed by atoms with Gasteiger partial charge in [0.25, 0.3) is 0 Å². The van der Waals surface area contributed by atoms with E-state index in [1.165, 1.54) is 11.1 Å². The minimum Gasteiger partial charge on any atom is -0.261 e. The number of hydrogen-bond donors (Lipinski definition) is 0. The van der Waals surface area contributed by atoms with Gasteiger partial charge in [0.15, 0.2) is 0 Å². The number of nitrogens with zero attached hydrogens (tertiary/aromatic N) is 3. The smallest absolute Gasteiger partial charge is 0.205 e. The maximum atomic E-state index is 4.98. The summed E-state index contributed by atoms with van der Waals surface area (Å²) in [4.78, 5) is 5.30. The van der Waals surface area contributed by atoms with Gasteiger partial charge in [-0.15, -0.1) is 11.3 Å². The summed E-state index contributed by atoms with van der Waals surface area (Å²) in [6.07, 6.45) is 2.03. The molecule has 2 aromatic carbocycles. The van der Waals surface area contributed by atoms with Crippen molar-refractivity contribution >= 4 is 33.0 Å². The van der Waals surface area contributed by atoms with Gasteiger partial charge in [-0.25, -0.2) is 4.68 Å². The van der Waals surface area contributed by atoms with E-state index in [0.717, 1.165) is 39.1 Å².